The van der Waals surface area contributed by atoms with Crippen molar-refractivity contribution in [1.29, 1.82) is 0 Å². The quantitative estimate of drug-likeness (QED) is 0.511. The van der Waals surface area contributed by atoms with E-state index in [4.69, 9.17) is 21.4 Å². The number of benzene rings is 2. The van der Waals surface area contributed by atoms with Crippen LogP contribution in [0.4, 0.5) is 17.1 Å². The molecule has 0 saturated heterocycles. The first-order valence-electron chi connectivity index (χ1n) is 7.15. The Balaban J connectivity index is 0.000000816. The average molecular weight is 315 g/mol. The number of carbonyl (C=O) groups is 2. The van der Waals surface area contributed by atoms with Gasteiger partial charge in [0.15, 0.2) is 0 Å². The normalized spacial score (nSPS) is 9.43. The molecular formula is C17H21N3O3. The lowest BCUT2D eigenvalue weighted by molar-refractivity contribution is -0.122. The third kappa shape index (κ3) is 5.70. The molecule has 0 heterocycles. The van der Waals surface area contributed by atoms with E-state index >= 15 is 0 Å². The summed E-state index contributed by atoms with van der Waals surface area (Å²) in [7, 11) is 0. The Hall–Kier alpha value is -3.02. The highest BCUT2D eigenvalue weighted by atomic mass is 16.3. The third-order valence-electron chi connectivity index (χ3n) is 3.10. The van der Waals surface area contributed by atoms with E-state index in [0.717, 1.165) is 18.5 Å². The van der Waals surface area contributed by atoms with Crippen LogP contribution >= 0.6 is 0 Å². The number of amides is 1. The Labute approximate surface area is 135 Å². The van der Waals surface area contributed by atoms with E-state index in [9.17, 15) is 4.79 Å². The molecule has 0 aromatic heterocycles. The molecule has 2 rings (SSSR count). The molecule has 0 atom stereocenters. The lowest BCUT2D eigenvalue weighted by atomic mass is 10.1. The number of nitrogen functional groups attached to an aromatic ring is 2. The van der Waals surface area contributed by atoms with E-state index in [-0.39, 0.29) is 12.4 Å². The summed E-state index contributed by atoms with van der Waals surface area (Å²) >= 11 is 0. The minimum atomic E-state index is -0.250. The van der Waals surface area contributed by atoms with Crippen molar-refractivity contribution in [3.63, 3.8) is 0 Å². The standard InChI is InChI=1S/C16H19N3O.CH2O2/c1-2-3-11-4-7-13(8-5-11)19-16(20)12-6-9-14(17)15(18)10-12;2-1-3/h4-10H,2-3,17-18H2,1H3,(H,19,20);1H,(H,2,3). The van der Waals surface area contributed by atoms with Crippen molar-refractivity contribution >= 4 is 29.4 Å². The van der Waals surface area contributed by atoms with Crippen molar-refractivity contribution in [2.75, 3.05) is 16.8 Å². The summed E-state index contributed by atoms with van der Waals surface area (Å²) in [6.07, 6.45) is 2.15. The minimum absolute atomic E-state index is 0.194. The van der Waals surface area contributed by atoms with Crippen LogP contribution in [-0.4, -0.2) is 17.5 Å². The zero-order valence-corrected chi connectivity index (χ0v) is 13.0. The second-order valence-electron chi connectivity index (χ2n) is 4.85. The summed E-state index contributed by atoms with van der Waals surface area (Å²) in [4.78, 5) is 20.4. The molecule has 0 radical (unpaired) electrons. The maximum atomic E-state index is 12.1. The molecule has 6 nitrogen and oxygen atoms in total. The van der Waals surface area contributed by atoms with Crippen LogP contribution in [0.25, 0.3) is 0 Å². The first-order valence-corrected chi connectivity index (χ1v) is 7.15. The Morgan fingerprint density at radius 1 is 1.13 bits per heavy atom. The van der Waals surface area contributed by atoms with Crippen LogP contribution in [0.5, 0.6) is 0 Å². The van der Waals surface area contributed by atoms with Crippen molar-refractivity contribution in [1.82, 2.24) is 0 Å². The predicted octanol–water partition coefficient (Wildman–Crippen LogP) is 2.76. The number of carboxylic acid groups (broad SMARTS) is 1. The van der Waals surface area contributed by atoms with Gasteiger partial charge in [0, 0.05) is 11.3 Å². The van der Waals surface area contributed by atoms with Gasteiger partial charge in [-0.2, -0.15) is 0 Å². The van der Waals surface area contributed by atoms with Crippen molar-refractivity contribution in [2.24, 2.45) is 0 Å². The molecule has 0 bridgehead atoms. The molecule has 2 aromatic rings. The molecule has 6 N–H and O–H groups in total. The lowest BCUT2D eigenvalue weighted by Gasteiger charge is -2.08. The average Bonchev–Trinajstić information content (AvgIpc) is 2.53. The van der Waals surface area contributed by atoms with Crippen LogP contribution < -0.4 is 16.8 Å². The molecule has 2 aromatic carbocycles. The Morgan fingerprint density at radius 2 is 1.74 bits per heavy atom. The molecule has 122 valence electrons. The minimum Gasteiger partial charge on any atom is -0.483 e. The van der Waals surface area contributed by atoms with E-state index in [1.807, 2.05) is 24.3 Å². The van der Waals surface area contributed by atoms with Crippen LogP contribution in [0, 0.1) is 0 Å². The number of hydrogen-bond donors (Lipinski definition) is 4. The van der Waals surface area contributed by atoms with Gasteiger partial charge in [0.1, 0.15) is 0 Å². The molecule has 0 aliphatic carbocycles. The number of nitrogens with one attached hydrogen (secondary N) is 1. The Morgan fingerprint density at radius 3 is 2.26 bits per heavy atom. The maximum Gasteiger partial charge on any atom is 0.290 e. The Bertz CT molecular complexity index is 655. The zero-order valence-electron chi connectivity index (χ0n) is 13.0. The first kappa shape index (κ1) is 18.0. The van der Waals surface area contributed by atoms with Gasteiger partial charge in [-0.3, -0.25) is 9.59 Å². The second-order valence-corrected chi connectivity index (χ2v) is 4.85. The number of nitrogens with two attached hydrogens (primary N) is 2. The highest BCUT2D eigenvalue weighted by Crippen LogP contribution is 2.18. The maximum absolute atomic E-state index is 12.1. The smallest absolute Gasteiger partial charge is 0.290 e. The van der Waals surface area contributed by atoms with E-state index < -0.39 is 0 Å². The SMILES string of the molecule is CCCc1ccc(NC(=O)c2ccc(N)c(N)c2)cc1.O=CO. The molecule has 0 spiro atoms. The summed E-state index contributed by atoms with van der Waals surface area (Å²) < 4.78 is 0. The van der Waals surface area contributed by atoms with E-state index in [0.29, 0.717) is 16.9 Å². The molecule has 0 fully saturated rings. The van der Waals surface area contributed by atoms with Crippen LogP contribution in [-0.2, 0) is 11.2 Å². The van der Waals surface area contributed by atoms with Gasteiger partial charge in [0.2, 0.25) is 0 Å². The second kappa shape index (κ2) is 9.09. The molecule has 0 aliphatic rings. The van der Waals surface area contributed by atoms with Gasteiger partial charge in [-0.25, -0.2) is 0 Å². The predicted molar refractivity (Wildman–Crippen MR) is 92.3 cm³/mol. The largest absolute Gasteiger partial charge is 0.483 e. The van der Waals surface area contributed by atoms with Gasteiger partial charge < -0.3 is 21.9 Å². The van der Waals surface area contributed by atoms with E-state index in [1.165, 1.54) is 5.56 Å². The monoisotopic (exact) mass is 315 g/mol. The van der Waals surface area contributed by atoms with Crippen LogP contribution in [0.2, 0.25) is 0 Å². The fourth-order valence-electron chi connectivity index (χ4n) is 1.96. The fourth-order valence-corrected chi connectivity index (χ4v) is 1.96. The summed E-state index contributed by atoms with van der Waals surface area (Å²) in [5.41, 5.74) is 14.7. The van der Waals surface area contributed by atoms with Crippen LogP contribution in [0.1, 0.15) is 29.3 Å². The van der Waals surface area contributed by atoms with Gasteiger partial charge in [-0.15, -0.1) is 0 Å². The van der Waals surface area contributed by atoms with Crippen molar-refractivity contribution in [2.45, 2.75) is 19.8 Å². The molecule has 6 heteroatoms. The fraction of sp³-hybridized carbons (Fsp3) is 0.176. The number of rotatable bonds is 4. The molecule has 0 unspecified atom stereocenters. The molecule has 23 heavy (non-hydrogen) atoms. The topological polar surface area (TPSA) is 118 Å². The van der Waals surface area contributed by atoms with Gasteiger partial charge in [0.05, 0.1) is 11.4 Å². The van der Waals surface area contributed by atoms with E-state index in [2.05, 4.69) is 12.2 Å². The van der Waals surface area contributed by atoms with Gasteiger partial charge in [-0.05, 0) is 42.3 Å². The highest BCUT2D eigenvalue weighted by Gasteiger charge is 2.07. The summed E-state index contributed by atoms with van der Waals surface area (Å²) in [6, 6.07) is 12.7. The van der Waals surface area contributed by atoms with Crippen molar-refractivity contribution in [3.8, 4) is 0 Å². The third-order valence-corrected chi connectivity index (χ3v) is 3.10. The lowest BCUT2D eigenvalue weighted by Crippen LogP contribution is -2.12. The highest BCUT2D eigenvalue weighted by molar-refractivity contribution is 6.05. The number of aryl methyl sites for hydroxylation is 1. The Kier molecular flexibility index (Phi) is 7.13. The van der Waals surface area contributed by atoms with Gasteiger partial charge >= 0.3 is 0 Å². The van der Waals surface area contributed by atoms with Gasteiger partial charge in [0.25, 0.3) is 12.4 Å². The summed E-state index contributed by atoms with van der Waals surface area (Å²) in [5.74, 6) is -0.194. The van der Waals surface area contributed by atoms with Crippen LogP contribution in [0.3, 0.4) is 0 Å². The van der Waals surface area contributed by atoms with Gasteiger partial charge in [-0.1, -0.05) is 25.5 Å². The van der Waals surface area contributed by atoms with Crippen molar-refractivity contribution < 1.29 is 14.7 Å². The number of anilines is 3. The zero-order chi connectivity index (χ0) is 17.2. The van der Waals surface area contributed by atoms with E-state index in [1.54, 1.807) is 18.2 Å². The molecule has 1 amide bonds. The summed E-state index contributed by atoms with van der Waals surface area (Å²) in [6.45, 7) is 1.89. The van der Waals surface area contributed by atoms with Crippen LogP contribution in [0.15, 0.2) is 42.5 Å². The number of carbonyl (C=O) groups excluding carboxylic acids is 1. The first-order chi connectivity index (χ1) is 11.0. The molecular weight excluding hydrogens is 294 g/mol. The summed E-state index contributed by atoms with van der Waals surface area (Å²) in [5, 5.41) is 9.73. The molecule has 0 aliphatic heterocycles. The number of hydrogen-bond acceptors (Lipinski definition) is 4. The van der Waals surface area contributed by atoms with Crippen molar-refractivity contribution in [3.05, 3.63) is 53.6 Å². The molecule has 0 saturated carbocycles.